The number of carbonyl (C=O) groups excluding carboxylic acids is 2. The van der Waals surface area contributed by atoms with Gasteiger partial charge >= 0.3 is 0 Å². The third-order valence-corrected chi connectivity index (χ3v) is 2.70. The van der Waals surface area contributed by atoms with E-state index < -0.39 is 0 Å². The maximum Gasteiger partial charge on any atom is 0.251 e. The first-order chi connectivity index (χ1) is 9.56. The fourth-order valence-corrected chi connectivity index (χ4v) is 1.75. The summed E-state index contributed by atoms with van der Waals surface area (Å²) in [6, 6.07) is 6.79. The molecule has 0 aliphatic carbocycles. The highest BCUT2D eigenvalue weighted by molar-refractivity contribution is 5.95. The molecule has 1 rings (SSSR count). The highest BCUT2D eigenvalue weighted by Gasteiger charge is 2.09. The van der Waals surface area contributed by atoms with Crippen molar-refractivity contribution in [2.45, 2.75) is 32.7 Å². The topological polar surface area (TPSA) is 67.4 Å². The van der Waals surface area contributed by atoms with E-state index in [0.29, 0.717) is 24.3 Å². The van der Waals surface area contributed by atoms with Crippen LogP contribution in [-0.4, -0.2) is 31.6 Å². The molecule has 0 aliphatic heterocycles. The van der Waals surface area contributed by atoms with Gasteiger partial charge in [-0.15, -0.1) is 0 Å². The van der Waals surface area contributed by atoms with E-state index >= 15 is 0 Å². The van der Waals surface area contributed by atoms with Crippen molar-refractivity contribution in [3.63, 3.8) is 0 Å². The van der Waals surface area contributed by atoms with Crippen molar-refractivity contribution in [2.24, 2.45) is 0 Å². The van der Waals surface area contributed by atoms with E-state index in [1.54, 1.807) is 31.4 Å². The molecule has 1 aromatic rings. The molecule has 110 valence electrons. The lowest BCUT2D eigenvalue weighted by atomic mass is 10.1. The Morgan fingerprint density at radius 2 is 1.90 bits per heavy atom. The summed E-state index contributed by atoms with van der Waals surface area (Å²) in [7, 11) is 1.59. The lowest BCUT2D eigenvalue weighted by Gasteiger charge is -2.13. The summed E-state index contributed by atoms with van der Waals surface area (Å²) in [5.41, 5.74) is 1.26. The largest absolute Gasteiger partial charge is 0.383 e. The molecule has 5 nitrogen and oxygen atoms in total. The zero-order valence-corrected chi connectivity index (χ0v) is 12.2. The molecule has 0 fully saturated rings. The van der Waals surface area contributed by atoms with Gasteiger partial charge in [0.2, 0.25) is 5.91 Å². The number of benzene rings is 1. The van der Waals surface area contributed by atoms with Crippen molar-refractivity contribution >= 4 is 17.5 Å². The average molecular weight is 278 g/mol. The molecule has 1 atom stereocenters. The smallest absolute Gasteiger partial charge is 0.251 e. The predicted molar refractivity (Wildman–Crippen MR) is 78.8 cm³/mol. The van der Waals surface area contributed by atoms with E-state index in [1.165, 1.54) is 0 Å². The zero-order valence-electron chi connectivity index (χ0n) is 12.2. The minimum Gasteiger partial charge on any atom is -0.383 e. The van der Waals surface area contributed by atoms with E-state index in [2.05, 4.69) is 10.6 Å². The normalized spacial score (nSPS) is 11.8. The summed E-state index contributed by atoms with van der Waals surface area (Å²) >= 11 is 0. The van der Waals surface area contributed by atoms with Gasteiger partial charge in [-0.1, -0.05) is 6.92 Å². The summed E-state index contributed by atoms with van der Waals surface area (Å²) in [5.74, 6) is -0.167. The van der Waals surface area contributed by atoms with E-state index in [0.717, 1.165) is 6.42 Å². The van der Waals surface area contributed by atoms with E-state index in [1.807, 2.05) is 13.8 Å². The minimum absolute atomic E-state index is 0.0154. The van der Waals surface area contributed by atoms with Crippen molar-refractivity contribution in [2.75, 3.05) is 19.0 Å². The van der Waals surface area contributed by atoms with Gasteiger partial charge in [-0.3, -0.25) is 9.59 Å². The van der Waals surface area contributed by atoms with Crippen LogP contribution in [0.2, 0.25) is 0 Å². The molecule has 0 radical (unpaired) electrons. The van der Waals surface area contributed by atoms with Gasteiger partial charge in [-0.2, -0.15) is 0 Å². The van der Waals surface area contributed by atoms with Gasteiger partial charge in [-0.05, 0) is 37.6 Å². The van der Waals surface area contributed by atoms with Crippen LogP contribution in [0.15, 0.2) is 24.3 Å². The monoisotopic (exact) mass is 278 g/mol. The van der Waals surface area contributed by atoms with Crippen molar-refractivity contribution in [1.82, 2.24) is 5.32 Å². The Balaban J connectivity index is 2.57. The van der Waals surface area contributed by atoms with Gasteiger partial charge in [0.15, 0.2) is 0 Å². The molecule has 0 unspecified atom stereocenters. The van der Waals surface area contributed by atoms with E-state index in [4.69, 9.17) is 4.74 Å². The molecule has 0 saturated heterocycles. The highest BCUT2D eigenvalue weighted by atomic mass is 16.5. The minimum atomic E-state index is -0.152. The summed E-state index contributed by atoms with van der Waals surface area (Å²) in [6.45, 7) is 4.30. The Hall–Kier alpha value is -1.88. The maximum atomic E-state index is 11.9. The fraction of sp³-hybridized carbons (Fsp3) is 0.467. The molecule has 2 N–H and O–H groups in total. The van der Waals surface area contributed by atoms with Crippen LogP contribution in [0.3, 0.4) is 0 Å². The fourth-order valence-electron chi connectivity index (χ4n) is 1.75. The summed E-state index contributed by atoms with van der Waals surface area (Å²) in [6.07, 6.45) is 1.31. The number of hydrogen-bond donors (Lipinski definition) is 2. The van der Waals surface area contributed by atoms with Crippen LogP contribution in [0, 0.1) is 0 Å². The summed E-state index contributed by atoms with van der Waals surface area (Å²) in [5, 5.41) is 5.61. The number of hydrogen-bond acceptors (Lipinski definition) is 3. The second-order valence-corrected chi connectivity index (χ2v) is 4.71. The third kappa shape index (κ3) is 5.40. The van der Waals surface area contributed by atoms with Gasteiger partial charge in [0.05, 0.1) is 6.61 Å². The third-order valence-electron chi connectivity index (χ3n) is 2.70. The number of rotatable bonds is 7. The van der Waals surface area contributed by atoms with Crippen molar-refractivity contribution in [3.05, 3.63) is 29.8 Å². The molecular formula is C15H22N2O3. The van der Waals surface area contributed by atoms with Gasteiger partial charge in [0, 0.05) is 30.8 Å². The van der Waals surface area contributed by atoms with Crippen LogP contribution in [0.5, 0.6) is 0 Å². The second-order valence-electron chi connectivity index (χ2n) is 4.71. The Labute approximate surface area is 119 Å². The standard InChI is InChI=1S/C15H22N2O3/c1-4-5-14(18)17-13-8-6-12(7-9-13)15(19)16-11(2)10-20-3/h6-9,11H,4-5,10H2,1-3H3,(H,16,19)(H,17,18)/t11-/m1/s1. The highest BCUT2D eigenvalue weighted by Crippen LogP contribution is 2.10. The van der Waals surface area contributed by atoms with E-state index in [-0.39, 0.29) is 17.9 Å². The Morgan fingerprint density at radius 1 is 1.25 bits per heavy atom. The van der Waals surface area contributed by atoms with Gasteiger partial charge in [-0.25, -0.2) is 0 Å². The first-order valence-electron chi connectivity index (χ1n) is 6.76. The molecule has 0 saturated carbocycles. The molecule has 0 aromatic heterocycles. The van der Waals surface area contributed by atoms with Crippen LogP contribution < -0.4 is 10.6 Å². The molecule has 1 aromatic carbocycles. The lowest BCUT2D eigenvalue weighted by molar-refractivity contribution is -0.116. The second kappa shape index (κ2) is 8.32. The molecule has 0 spiro atoms. The van der Waals surface area contributed by atoms with Crippen molar-refractivity contribution in [3.8, 4) is 0 Å². The number of carbonyl (C=O) groups is 2. The predicted octanol–water partition coefficient (Wildman–Crippen LogP) is 2.19. The van der Waals surface area contributed by atoms with Crippen molar-refractivity contribution in [1.29, 1.82) is 0 Å². The Bertz CT molecular complexity index is 443. The van der Waals surface area contributed by atoms with Gasteiger partial charge in [0.25, 0.3) is 5.91 Å². The van der Waals surface area contributed by atoms with Crippen LogP contribution in [0.25, 0.3) is 0 Å². The zero-order chi connectivity index (χ0) is 15.0. The molecule has 0 bridgehead atoms. The number of ether oxygens (including phenoxy) is 1. The molecule has 20 heavy (non-hydrogen) atoms. The SMILES string of the molecule is CCCC(=O)Nc1ccc(C(=O)N[C@H](C)COC)cc1. The van der Waals surface area contributed by atoms with Crippen LogP contribution >= 0.6 is 0 Å². The lowest BCUT2D eigenvalue weighted by Crippen LogP contribution is -2.35. The maximum absolute atomic E-state index is 11.9. The van der Waals surface area contributed by atoms with Gasteiger partial charge in [0.1, 0.15) is 0 Å². The number of methoxy groups -OCH3 is 1. The molecule has 2 amide bonds. The molecule has 0 aliphatic rings. The van der Waals surface area contributed by atoms with Gasteiger partial charge < -0.3 is 15.4 Å². The van der Waals surface area contributed by atoms with Crippen LogP contribution in [0.4, 0.5) is 5.69 Å². The van der Waals surface area contributed by atoms with Crippen molar-refractivity contribution < 1.29 is 14.3 Å². The summed E-state index contributed by atoms with van der Waals surface area (Å²) < 4.78 is 4.96. The average Bonchev–Trinajstić information content (AvgIpc) is 2.39. The molecular weight excluding hydrogens is 256 g/mol. The number of anilines is 1. The number of amides is 2. The quantitative estimate of drug-likeness (QED) is 0.803. The molecule has 5 heteroatoms. The van der Waals surface area contributed by atoms with Crippen LogP contribution in [-0.2, 0) is 9.53 Å². The van der Waals surface area contributed by atoms with E-state index in [9.17, 15) is 9.59 Å². The molecule has 0 heterocycles. The number of nitrogens with one attached hydrogen (secondary N) is 2. The Kier molecular flexibility index (Phi) is 6.73. The Morgan fingerprint density at radius 3 is 2.45 bits per heavy atom. The first-order valence-corrected chi connectivity index (χ1v) is 6.76. The van der Waals surface area contributed by atoms with Crippen LogP contribution in [0.1, 0.15) is 37.0 Å². The summed E-state index contributed by atoms with van der Waals surface area (Å²) in [4.78, 5) is 23.4. The first kappa shape index (κ1) is 16.2.